The number of hydrogen-bond acceptors (Lipinski definition) is 3. The maximum absolute atomic E-state index is 12.2. The SMILES string of the molecule is CN=C(NCCC(F)(F)F)NC1CCN(c2ccccc2OC)C1. The van der Waals surface area contributed by atoms with Crippen molar-refractivity contribution in [2.24, 2.45) is 4.99 Å². The van der Waals surface area contributed by atoms with Gasteiger partial charge >= 0.3 is 6.18 Å². The van der Waals surface area contributed by atoms with Gasteiger partial charge in [0.2, 0.25) is 0 Å². The number of guanidine groups is 1. The van der Waals surface area contributed by atoms with Crippen molar-refractivity contribution in [1.29, 1.82) is 0 Å². The van der Waals surface area contributed by atoms with E-state index in [4.69, 9.17) is 4.74 Å². The normalized spacial score (nSPS) is 18.6. The van der Waals surface area contributed by atoms with Crippen LogP contribution in [-0.2, 0) is 0 Å². The third-order valence-electron chi connectivity index (χ3n) is 3.88. The van der Waals surface area contributed by atoms with E-state index in [0.717, 1.165) is 30.9 Å². The summed E-state index contributed by atoms with van der Waals surface area (Å²) in [4.78, 5) is 6.18. The number of halogens is 3. The second-order valence-corrected chi connectivity index (χ2v) is 5.61. The molecule has 0 radical (unpaired) electrons. The molecule has 0 aliphatic carbocycles. The van der Waals surface area contributed by atoms with Crippen LogP contribution in [0.25, 0.3) is 0 Å². The minimum absolute atomic E-state index is 0.118. The van der Waals surface area contributed by atoms with Crippen molar-refractivity contribution in [3.05, 3.63) is 24.3 Å². The zero-order valence-corrected chi connectivity index (χ0v) is 13.9. The van der Waals surface area contributed by atoms with E-state index in [2.05, 4.69) is 20.5 Å². The largest absolute Gasteiger partial charge is 0.495 e. The number of alkyl halides is 3. The van der Waals surface area contributed by atoms with Crippen molar-refractivity contribution >= 4 is 11.6 Å². The van der Waals surface area contributed by atoms with Gasteiger partial charge in [0.1, 0.15) is 5.75 Å². The fourth-order valence-electron chi connectivity index (χ4n) is 2.70. The van der Waals surface area contributed by atoms with Gasteiger partial charge in [0.25, 0.3) is 0 Å². The van der Waals surface area contributed by atoms with Crippen molar-refractivity contribution in [3.63, 3.8) is 0 Å². The molecule has 0 amide bonds. The Morgan fingerprint density at radius 1 is 1.38 bits per heavy atom. The lowest BCUT2D eigenvalue weighted by molar-refractivity contribution is -0.132. The van der Waals surface area contributed by atoms with Crippen LogP contribution in [0.2, 0.25) is 0 Å². The first-order valence-corrected chi connectivity index (χ1v) is 7.85. The van der Waals surface area contributed by atoms with E-state index in [1.54, 1.807) is 14.2 Å². The Morgan fingerprint density at radius 2 is 2.12 bits per heavy atom. The standard InChI is InChI=1S/C16H23F3N4O/c1-20-15(21-9-8-16(17,18)19)22-12-7-10-23(11-12)13-5-3-4-6-14(13)24-2/h3-6,12H,7-11H2,1-2H3,(H2,20,21,22). The Balaban J connectivity index is 1.86. The molecular formula is C16H23F3N4O. The molecule has 1 saturated heterocycles. The molecule has 2 N–H and O–H groups in total. The summed E-state index contributed by atoms with van der Waals surface area (Å²) in [5, 5.41) is 5.88. The smallest absolute Gasteiger partial charge is 0.390 e. The summed E-state index contributed by atoms with van der Waals surface area (Å²) in [6.07, 6.45) is -4.18. The van der Waals surface area contributed by atoms with E-state index in [0.29, 0.717) is 5.96 Å². The Morgan fingerprint density at radius 3 is 2.79 bits per heavy atom. The number of anilines is 1. The molecule has 0 bridgehead atoms. The molecule has 1 heterocycles. The van der Waals surface area contributed by atoms with E-state index >= 15 is 0 Å². The molecule has 1 aliphatic rings. The molecule has 0 aromatic heterocycles. The molecule has 0 spiro atoms. The molecule has 1 atom stereocenters. The Bertz CT molecular complexity index is 562. The lowest BCUT2D eigenvalue weighted by Crippen LogP contribution is -2.45. The van der Waals surface area contributed by atoms with E-state index in [9.17, 15) is 13.2 Å². The van der Waals surface area contributed by atoms with E-state index in [1.807, 2.05) is 24.3 Å². The van der Waals surface area contributed by atoms with Gasteiger partial charge in [0.15, 0.2) is 5.96 Å². The first kappa shape index (κ1) is 18.2. The van der Waals surface area contributed by atoms with Crippen molar-refractivity contribution in [1.82, 2.24) is 10.6 Å². The van der Waals surface area contributed by atoms with Gasteiger partial charge in [-0.15, -0.1) is 0 Å². The number of para-hydroxylation sites is 2. The number of methoxy groups -OCH3 is 1. The minimum atomic E-state index is -4.17. The number of nitrogens with one attached hydrogen (secondary N) is 2. The Kier molecular flexibility index (Phi) is 6.16. The van der Waals surface area contributed by atoms with Crippen molar-refractivity contribution in [2.75, 3.05) is 38.7 Å². The molecule has 134 valence electrons. The topological polar surface area (TPSA) is 48.9 Å². The highest BCUT2D eigenvalue weighted by Gasteiger charge is 2.27. The van der Waals surface area contributed by atoms with Crippen molar-refractivity contribution in [3.8, 4) is 5.75 Å². The average molecular weight is 344 g/mol. The molecule has 0 saturated carbocycles. The van der Waals surface area contributed by atoms with Crippen molar-refractivity contribution in [2.45, 2.75) is 25.1 Å². The minimum Gasteiger partial charge on any atom is -0.495 e. The summed E-state index contributed by atoms with van der Waals surface area (Å²) in [5.41, 5.74) is 1.02. The van der Waals surface area contributed by atoms with Gasteiger partial charge in [-0.05, 0) is 18.6 Å². The van der Waals surface area contributed by atoms with Gasteiger partial charge in [-0.25, -0.2) is 0 Å². The Labute approximate surface area is 139 Å². The van der Waals surface area contributed by atoms with Gasteiger partial charge in [-0.2, -0.15) is 13.2 Å². The second-order valence-electron chi connectivity index (χ2n) is 5.61. The highest BCUT2D eigenvalue weighted by molar-refractivity contribution is 5.80. The lowest BCUT2D eigenvalue weighted by atomic mass is 10.2. The monoisotopic (exact) mass is 344 g/mol. The van der Waals surface area contributed by atoms with Crippen LogP contribution in [0, 0.1) is 0 Å². The maximum Gasteiger partial charge on any atom is 0.390 e. The molecule has 1 aliphatic heterocycles. The van der Waals surface area contributed by atoms with E-state index < -0.39 is 12.6 Å². The predicted molar refractivity (Wildman–Crippen MR) is 88.8 cm³/mol. The lowest BCUT2D eigenvalue weighted by Gasteiger charge is -2.22. The molecule has 1 aromatic carbocycles. The molecule has 1 fully saturated rings. The third-order valence-corrected chi connectivity index (χ3v) is 3.88. The maximum atomic E-state index is 12.2. The molecule has 2 rings (SSSR count). The number of aliphatic imine (C=N–C) groups is 1. The summed E-state index contributed by atoms with van der Waals surface area (Å²) in [6.45, 7) is 1.39. The van der Waals surface area contributed by atoms with Gasteiger partial charge in [0.05, 0.1) is 19.2 Å². The summed E-state index contributed by atoms with van der Waals surface area (Å²) in [7, 11) is 3.19. The molecule has 24 heavy (non-hydrogen) atoms. The highest BCUT2D eigenvalue weighted by atomic mass is 19.4. The van der Waals surface area contributed by atoms with Crippen molar-refractivity contribution < 1.29 is 17.9 Å². The van der Waals surface area contributed by atoms with E-state index in [1.165, 1.54) is 0 Å². The molecule has 5 nitrogen and oxygen atoms in total. The number of nitrogens with zero attached hydrogens (tertiary/aromatic N) is 2. The van der Waals surface area contributed by atoms with Crippen LogP contribution in [0.3, 0.4) is 0 Å². The van der Waals surface area contributed by atoms with Gasteiger partial charge in [-0.3, -0.25) is 4.99 Å². The van der Waals surface area contributed by atoms with Gasteiger partial charge in [0, 0.05) is 32.7 Å². The summed E-state index contributed by atoms with van der Waals surface area (Å²) in [6, 6.07) is 7.90. The number of rotatable bonds is 5. The summed E-state index contributed by atoms with van der Waals surface area (Å²) < 4.78 is 42.0. The van der Waals surface area contributed by atoms with Crippen LogP contribution < -0.4 is 20.3 Å². The van der Waals surface area contributed by atoms with Crippen LogP contribution >= 0.6 is 0 Å². The molecule has 1 unspecified atom stereocenters. The zero-order valence-electron chi connectivity index (χ0n) is 13.9. The predicted octanol–water partition coefficient (Wildman–Crippen LogP) is 2.39. The van der Waals surface area contributed by atoms with Crippen LogP contribution in [0.5, 0.6) is 5.75 Å². The van der Waals surface area contributed by atoms with E-state index in [-0.39, 0.29) is 12.6 Å². The average Bonchev–Trinajstić information content (AvgIpc) is 3.01. The number of benzene rings is 1. The second kappa shape index (κ2) is 8.12. The third kappa shape index (κ3) is 5.21. The van der Waals surface area contributed by atoms with Crippen LogP contribution in [-0.4, -0.2) is 52.0 Å². The first-order chi connectivity index (χ1) is 11.4. The fourth-order valence-corrected chi connectivity index (χ4v) is 2.70. The van der Waals surface area contributed by atoms with Gasteiger partial charge < -0.3 is 20.3 Å². The highest BCUT2D eigenvalue weighted by Crippen LogP contribution is 2.30. The van der Waals surface area contributed by atoms with Gasteiger partial charge in [-0.1, -0.05) is 12.1 Å². The first-order valence-electron chi connectivity index (χ1n) is 7.85. The summed E-state index contributed by atoms with van der Waals surface area (Å²) in [5.74, 6) is 1.21. The molecule has 8 heteroatoms. The fraction of sp³-hybridized carbons (Fsp3) is 0.562. The zero-order chi connectivity index (χ0) is 17.6. The van der Waals surface area contributed by atoms with Crippen LogP contribution in [0.15, 0.2) is 29.3 Å². The quantitative estimate of drug-likeness (QED) is 0.636. The number of hydrogen-bond donors (Lipinski definition) is 2. The Hall–Kier alpha value is -2.12. The number of ether oxygens (including phenoxy) is 1. The molecule has 1 aromatic rings. The summed E-state index contributed by atoms with van der Waals surface area (Å²) >= 11 is 0. The van der Waals surface area contributed by atoms with Crippen LogP contribution in [0.4, 0.5) is 18.9 Å². The van der Waals surface area contributed by atoms with Crippen LogP contribution in [0.1, 0.15) is 12.8 Å². The molecular weight excluding hydrogens is 321 g/mol.